The molecule has 0 amide bonds. The van der Waals surface area contributed by atoms with Gasteiger partial charge in [0, 0.05) is 6.42 Å². The number of allylic oxidation sites excluding steroid dienone is 1. The van der Waals surface area contributed by atoms with Gasteiger partial charge in [-0.25, -0.2) is 0 Å². The highest BCUT2D eigenvalue weighted by Gasteiger charge is 2.17. The fraction of sp³-hybridized carbons (Fsp3) is 0.357. The summed E-state index contributed by atoms with van der Waals surface area (Å²) in [5.74, 6) is 0.278. The van der Waals surface area contributed by atoms with Gasteiger partial charge in [-0.3, -0.25) is 4.79 Å². The molecule has 1 aromatic rings. The summed E-state index contributed by atoms with van der Waals surface area (Å²) in [6.07, 6.45) is 3.61. The van der Waals surface area contributed by atoms with Crippen LogP contribution >= 0.6 is 0 Å². The standard InChI is InChI=1S/C14H16O3/c15-12-5-3-10(4-6-12)1-2-11-7-13(16)9-14(17)8-11/h3-7,14-15,17H,1-2,8-9H2. The summed E-state index contributed by atoms with van der Waals surface area (Å²) >= 11 is 0. The van der Waals surface area contributed by atoms with Crippen LogP contribution in [0.1, 0.15) is 24.8 Å². The van der Waals surface area contributed by atoms with Crippen LogP contribution in [0.2, 0.25) is 0 Å². The van der Waals surface area contributed by atoms with Crippen LogP contribution in [-0.4, -0.2) is 22.1 Å². The number of hydrogen-bond donors (Lipinski definition) is 2. The van der Waals surface area contributed by atoms with Gasteiger partial charge in [0.15, 0.2) is 5.78 Å². The normalized spacial score (nSPS) is 20.2. The van der Waals surface area contributed by atoms with Crippen LogP contribution in [0.5, 0.6) is 5.75 Å². The van der Waals surface area contributed by atoms with Gasteiger partial charge in [0.25, 0.3) is 0 Å². The van der Waals surface area contributed by atoms with Crippen molar-refractivity contribution >= 4 is 5.78 Å². The molecule has 1 aromatic carbocycles. The van der Waals surface area contributed by atoms with Gasteiger partial charge in [0.1, 0.15) is 5.75 Å². The number of carbonyl (C=O) groups is 1. The van der Waals surface area contributed by atoms with E-state index in [1.807, 2.05) is 12.1 Å². The number of aryl methyl sites for hydroxylation is 1. The number of aliphatic hydroxyl groups is 1. The Morgan fingerprint density at radius 1 is 1.12 bits per heavy atom. The Hall–Kier alpha value is -1.61. The largest absolute Gasteiger partial charge is 0.508 e. The molecule has 0 fully saturated rings. The fourth-order valence-electron chi connectivity index (χ4n) is 2.09. The molecule has 1 aliphatic carbocycles. The third-order valence-electron chi connectivity index (χ3n) is 2.97. The Labute approximate surface area is 100 Å². The van der Waals surface area contributed by atoms with E-state index in [-0.39, 0.29) is 18.0 Å². The summed E-state index contributed by atoms with van der Waals surface area (Å²) in [6.45, 7) is 0. The van der Waals surface area contributed by atoms with Crippen molar-refractivity contribution in [2.75, 3.05) is 0 Å². The lowest BCUT2D eigenvalue weighted by molar-refractivity contribution is -0.117. The van der Waals surface area contributed by atoms with Crippen molar-refractivity contribution in [3.8, 4) is 5.75 Å². The molecule has 1 unspecified atom stereocenters. The van der Waals surface area contributed by atoms with Crippen LogP contribution in [0, 0.1) is 0 Å². The molecule has 0 aliphatic heterocycles. The average molecular weight is 232 g/mol. The monoisotopic (exact) mass is 232 g/mol. The number of aromatic hydroxyl groups is 1. The minimum Gasteiger partial charge on any atom is -0.508 e. The molecule has 0 radical (unpaired) electrons. The predicted octanol–water partition coefficient (Wildman–Crippen LogP) is 1.97. The minimum absolute atomic E-state index is 0.0180. The molecule has 0 heterocycles. The van der Waals surface area contributed by atoms with Crippen molar-refractivity contribution in [2.45, 2.75) is 31.8 Å². The van der Waals surface area contributed by atoms with Gasteiger partial charge < -0.3 is 10.2 Å². The van der Waals surface area contributed by atoms with E-state index in [2.05, 4.69) is 0 Å². The van der Waals surface area contributed by atoms with E-state index >= 15 is 0 Å². The number of carbonyl (C=O) groups excluding carboxylic acids is 1. The van der Waals surface area contributed by atoms with Crippen molar-refractivity contribution in [3.05, 3.63) is 41.5 Å². The average Bonchev–Trinajstić information content (AvgIpc) is 2.27. The number of phenolic OH excluding ortho intramolecular Hbond substituents is 1. The van der Waals surface area contributed by atoms with E-state index in [1.54, 1.807) is 18.2 Å². The van der Waals surface area contributed by atoms with Crippen LogP contribution in [0.4, 0.5) is 0 Å². The van der Waals surface area contributed by atoms with Crippen LogP contribution in [0.3, 0.4) is 0 Å². The van der Waals surface area contributed by atoms with Gasteiger partial charge >= 0.3 is 0 Å². The molecule has 0 saturated heterocycles. The topological polar surface area (TPSA) is 57.5 Å². The number of rotatable bonds is 3. The molecule has 2 N–H and O–H groups in total. The van der Waals surface area contributed by atoms with Crippen LogP contribution < -0.4 is 0 Å². The molecule has 0 spiro atoms. The molecule has 1 atom stereocenters. The van der Waals surface area contributed by atoms with Gasteiger partial charge in [-0.2, -0.15) is 0 Å². The zero-order valence-corrected chi connectivity index (χ0v) is 9.60. The summed E-state index contributed by atoms with van der Waals surface area (Å²) in [5, 5.41) is 18.6. The summed E-state index contributed by atoms with van der Waals surface area (Å²) in [7, 11) is 0. The van der Waals surface area contributed by atoms with Gasteiger partial charge in [-0.05, 0) is 43.0 Å². The molecule has 0 aromatic heterocycles. The highest BCUT2D eigenvalue weighted by Crippen LogP contribution is 2.21. The number of aliphatic hydroxyl groups excluding tert-OH is 1. The first-order chi connectivity index (χ1) is 8.13. The maximum atomic E-state index is 11.3. The van der Waals surface area contributed by atoms with Crippen molar-refractivity contribution in [1.82, 2.24) is 0 Å². The minimum atomic E-state index is -0.512. The Bertz CT molecular complexity index is 431. The molecule has 17 heavy (non-hydrogen) atoms. The van der Waals surface area contributed by atoms with E-state index in [0.29, 0.717) is 6.42 Å². The van der Waals surface area contributed by atoms with E-state index < -0.39 is 6.10 Å². The quantitative estimate of drug-likeness (QED) is 0.837. The van der Waals surface area contributed by atoms with Crippen molar-refractivity contribution in [1.29, 1.82) is 0 Å². The number of benzene rings is 1. The summed E-state index contributed by atoms with van der Waals surface area (Å²) < 4.78 is 0. The van der Waals surface area contributed by atoms with Crippen LogP contribution in [0.25, 0.3) is 0 Å². The number of phenols is 1. The fourth-order valence-corrected chi connectivity index (χ4v) is 2.09. The Balaban J connectivity index is 1.94. The Kier molecular flexibility index (Phi) is 3.59. The maximum absolute atomic E-state index is 11.3. The van der Waals surface area contributed by atoms with Crippen molar-refractivity contribution in [3.63, 3.8) is 0 Å². The second-order valence-corrected chi connectivity index (χ2v) is 4.50. The smallest absolute Gasteiger partial charge is 0.158 e. The predicted molar refractivity (Wildman–Crippen MR) is 64.8 cm³/mol. The molecular formula is C14H16O3. The molecule has 90 valence electrons. The van der Waals surface area contributed by atoms with Crippen molar-refractivity contribution in [2.24, 2.45) is 0 Å². The zero-order valence-electron chi connectivity index (χ0n) is 9.60. The lowest BCUT2D eigenvalue weighted by Gasteiger charge is -2.17. The molecular weight excluding hydrogens is 216 g/mol. The SMILES string of the molecule is O=C1C=C(CCc2ccc(O)cc2)CC(O)C1. The third kappa shape index (κ3) is 3.43. The lowest BCUT2D eigenvalue weighted by Crippen LogP contribution is -2.18. The van der Waals surface area contributed by atoms with E-state index in [4.69, 9.17) is 5.11 Å². The molecule has 0 saturated carbocycles. The van der Waals surface area contributed by atoms with Gasteiger partial charge in [0.2, 0.25) is 0 Å². The van der Waals surface area contributed by atoms with E-state index in [1.165, 1.54) is 0 Å². The van der Waals surface area contributed by atoms with E-state index in [0.717, 1.165) is 24.0 Å². The first-order valence-electron chi connectivity index (χ1n) is 5.82. The maximum Gasteiger partial charge on any atom is 0.158 e. The Morgan fingerprint density at radius 3 is 2.47 bits per heavy atom. The second-order valence-electron chi connectivity index (χ2n) is 4.50. The number of hydrogen-bond acceptors (Lipinski definition) is 3. The molecule has 0 bridgehead atoms. The van der Waals surface area contributed by atoms with Gasteiger partial charge in [-0.1, -0.05) is 17.7 Å². The first-order valence-corrected chi connectivity index (χ1v) is 5.82. The molecule has 1 aliphatic rings. The second kappa shape index (κ2) is 5.15. The summed E-state index contributed by atoms with van der Waals surface area (Å²) in [5.41, 5.74) is 2.14. The highest BCUT2D eigenvalue weighted by molar-refractivity contribution is 5.91. The summed E-state index contributed by atoms with van der Waals surface area (Å²) in [4.78, 5) is 11.3. The van der Waals surface area contributed by atoms with Crippen LogP contribution in [-0.2, 0) is 11.2 Å². The number of ketones is 1. The van der Waals surface area contributed by atoms with Crippen LogP contribution in [0.15, 0.2) is 35.9 Å². The molecule has 3 nitrogen and oxygen atoms in total. The van der Waals surface area contributed by atoms with Crippen molar-refractivity contribution < 1.29 is 15.0 Å². The Morgan fingerprint density at radius 2 is 1.82 bits per heavy atom. The summed E-state index contributed by atoms with van der Waals surface area (Å²) in [6, 6.07) is 7.06. The highest BCUT2D eigenvalue weighted by atomic mass is 16.3. The molecule has 3 heteroatoms. The molecule has 2 rings (SSSR count). The zero-order chi connectivity index (χ0) is 12.3. The first kappa shape index (κ1) is 11.9. The van der Waals surface area contributed by atoms with Gasteiger partial charge in [0.05, 0.1) is 6.10 Å². The van der Waals surface area contributed by atoms with Gasteiger partial charge in [-0.15, -0.1) is 0 Å². The lowest BCUT2D eigenvalue weighted by atomic mass is 9.92. The van der Waals surface area contributed by atoms with E-state index in [9.17, 15) is 9.90 Å². The third-order valence-corrected chi connectivity index (χ3v) is 2.97.